The molecule has 1 heterocycles. The summed E-state index contributed by atoms with van der Waals surface area (Å²) in [5.74, 6) is 0.204. The van der Waals surface area contributed by atoms with Crippen molar-refractivity contribution in [1.29, 1.82) is 0 Å². The van der Waals surface area contributed by atoms with Crippen LogP contribution in [0.4, 0.5) is 0 Å². The predicted octanol–water partition coefficient (Wildman–Crippen LogP) is 3.75. The molecule has 5 heteroatoms. The van der Waals surface area contributed by atoms with Crippen LogP contribution in [-0.4, -0.2) is 18.2 Å². The smallest absolute Gasteiger partial charge is 0.340 e. The van der Waals surface area contributed by atoms with Crippen molar-refractivity contribution in [2.75, 3.05) is 7.11 Å². The summed E-state index contributed by atoms with van der Waals surface area (Å²) in [6, 6.07) is 7.32. The molecule has 0 aliphatic heterocycles. The minimum atomic E-state index is -0.958. The van der Waals surface area contributed by atoms with E-state index in [2.05, 4.69) is 5.38 Å². The van der Waals surface area contributed by atoms with Crippen LogP contribution >= 0.6 is 23.1 Å². The van der Waals surface area contributed by atoms with Gasteiger partial charge in [-0.25, -0.2) is 4.79 Å². The zero-order chi connectivity index (χ0) is 13.0. The fourth-order valence-electron chi connectivity index (χ4n) is 1.55. The lowest BCUT2D eigenvalue weighted by atomic mass is 10.2. The number of thioether (sulfide) groups is 1. The Bertz CT molecular complexity index is 535. The van der Waals surface area contributed by atoms with Crippen LogP contribution in [0.25, 0.3) is 0 Å². The van der Waals surface area contributed by atoms with Gasteiger partial charge in [-0.3, -0.25) is 0 Å². The summed E-state index contributed by atoms with van der Waals surface area (Å²) in [7, 11) is 1.48. The maximum atomic E-state index is 11.3. The number of rotatable bonds is 5. The number of carboxylic acids is 1. The minimum absolute atomic E-state index is 0.236. The molecule has 2 aromatic rings. The lowest BCUT2D eigenvalue weighted by molar-refractivity contribution is 0.0689. The molecule has 0 saturated heterocycles. The lowest BCUT2D eigenvalue weighted by Crippen LogP contribution is -2.02. The highest BCUT2D eigenvalue weighted by molar-refractivity contribution is 7.98. The van der Waals surface area contributed by atoms with E-state index in [1.165, 1.54) is 24.4 Å². The van der Waals surface area contributed by atoms with Gasteiger partial charge in [-0.2, -0.15) is 11.3 Å². The molecule has 0 bridgehead atoms. The topological polar surface area (TPSA) is 46.5 Å². The zero-order valence-electron chi connectivity index (χ0n) is 9.75. The molecule has 18 heavy (non-hydrogen) atoms. The van der Waals surface area contributed by atoms with Crippen molar-refractivity contribution in [3.63, 3.8) is 0 Å². The second kappa shape index (κ2) is 5.93. The van der Waals surface area contributed by atoms with Crippen LogP contribution in [0.1, 0.15) is 15.9 Å². The fourth-order valence-corrected chi connectivity index (χ4v) is 3.33. The average molecular weight is 280 g/mol. The Hall–Kier alpha value is -1.46. The number of carboxylic acid groups (broad SMARTS) is 1. The quantitative estimate of drug-likeness (QED) is 0.847. The molecule has 0 aliphatic rings. The van der Waals surface area contributed by atoms with Crippen LogP contribution in [-0.2, 0) is 5.75 Å². The molecule has 3 nitrogen and oxygen atoms in total. The number of hydrogen-bond donors (Lipinski definition) is 1. The molecule has 0 fully saturated rings. The normalized spacial score (nSPS) is 10.3. The van der Waals surface area contributed by atoms with Crippen molar-refractivity contribution in [2.24, 2.45) is 0 Å². The molecule has 0 unspecified atom stereocenters. The van der Waals surface area contributed by atoms with Crippen molar-refractivity contribution in [1.82, 2.24) is 0 Å². The number of ether oxygens (including phenoxy) is 1. The standard InChI is InChI=1S/C13H12O3S2/c1-16-10-3-2-4-11(12(10)13(14)15)18-8-9-5-6-17-7-9/h2-7H,8H2,1H3,(H,14,15). The molecule has 0 amide bonds. The monoisotopic (exact) mass is 280 g/mol. The maximum Gasteiger partial charge on any atom is 0.340 e. The Morgan fingerprint density at radius 2 is 2.28 bits per heavy atom. The second-order valence-corrected chi connectivity index (χ2v) is 5.36. The molecule has 0 saturated carbocycles. The molecule has 2 rings (SSSR count). The zero-order valence-corrected chi connectivity index (χ0v) is 11.4. The third-order valence-corrected chi connectivity index (χ3v) is 4.26. The van der Waals surface area contributed by atoms with Crippen molar-refractivity contribution < 1.29 is 14.6 Å². The van der Waals surface area contributed by atoms with Gasteiger partial charge in [0.15, 0.2) is 0 Å². The Labute approximate surface area is 113 Å². The Balaban J connectivity index is 2.24. The first-order chi connectivity index (χ1) is 8.72. The summed E-state index contributed by atoms with van der Waals surface area (Å²) in [6.45, 7) is 0. The van der Waals surface area contributed by atoms with Gasteiger partial charge >= 0.3 is 5.97 Å². The van der Waals surface area contributed by atoms with E-state index in [4.69, 9.17) is 4.74 Å². The maximum absolute atomic E-state index is 11.3. The van der Waals surface area contributed by atoms with E-state index in [1.807, 2.05) is 17.5 Å². The van der Waals surface area contributed by atoms with Gasteiger partial charge in [0.25, 0.3) is 0 Å². The van der Waals surface area contributed by atoms with E-state index in [0.717, 1.165) is 10.6 Å². The molecule has 0 radical (unpaired) electrons. The number of benzene rings is 1. The van der Waals surface area contributed by atoms with Crippen molar-refractivity contribution in [3.05, 3.63) is 46.2 Å². The van der Waals surface area contributed by atoms with E-state index in [0.29, 0.717) is 5.75 Å². The second-order valence-electron chi connectivity index (χ2n) is 3.56. The van der Waals surface area contributed by atoms with Gasteiger partial charge < -0.3 is 9.84 Å². The number of carbonyl (C=O) groups is 1. The van der Waals surface area contributed by atoms with Crippen LogP contribution in [0.15, 0.2) is 39.9 Å². The van der Waals surface area contributed by atoms with Gasteiger partial charge in [0, 0.05) is 10.6 Å². The van der Waals surface area contributed by atoms with E-state index in [9.17, 15) is 9.90 Å². The summed E-state index contributed by atoms with van der Waals surface area (Å²) in [5.41, 5.74) is 1.43. The number of methoxy groups -OCH3 is 1. The van der Waals surface area contributed by atoms with Gasteiger partial charge in [0.2, 0.25) is 0 Å². The third kappa shape index (κ3) is 2.86. The van der Waals surface area contributed by atoms with Crippen molar-refractivity contribution >= 4 is 29.1 Å². The van der Waals surface area contributed by atoms with Gasteiger partial charge in [-0.1, -0.05) is 6.07 Å². The molecular formula is C13H12O3S2. The highest BCUT2D eigenvalue weighted by Gasteiger charge is 2.16. The van der Waals surface area contributed by atoms with Crippen LogP contribution in [0.5, 0.6) is 5.75 Å². The first-order valence-electron chi connectivity index (χ1n) is 5.26. The molecular weight excluding hydrogens is 268 g/mol. The molecule has 1 aromatic carbocycles. The van der Waals surface area contributed by atoms with E-state index in [1.54, 1.807) is 23.5 Å². The number of hydrogen-bond acceptors (Lipinski definition) is 4. The summed E-state index contributed by atoms with van der Waals surface area (Å²) in [4.78, 5) is 12.0. The molecule has 0 spiro atoms. The first kappa shape index (κ1) is 13.0. The largest absolute Gasteiger partial charge is 0.496 e. The van der Waals surface area contributed by atoms with Gasteiger partial charge in [0.1, 0.15) is 11.3 Å². The third-order valence-electron chi connectivity index (χ3n) is 2.40. The van der Waals surface area contributed by atoms with E-state index in [-0.39, 0.29) is 5.56 Å². The Morgan fingerprint density at radius 1 is 1.44 bits per heavy atom. The van der Waals surface area contributed by atoms with E-state index >= 15 is 0 Å². The van der Waals surface area contributed by atoms with E-state index < -0.39 is 5.97 Å². The molecule has 0 aliphatic carbocycles. The number of aromatic carboxylic acids is 1. The first-order valence-corrected chi connectivity index (χ1v) is 7.19. The molecule has 0 atom stereocenters. The summed E-state index contributed by atoms with van der Waals surface area (Å²) in [6.07, 6.45) is 0. The lowest BCUT2D eigenvalue weighted by Gasteiger charge is -2.09. The van der Waals surface area contributed by atoms with Crippen molar-refractivity contribution in [2.45, 2.75) is 10.6 Å². The van der Waals surface area contributed by atoms with Gasteiger partial charge in [-0.15, -0.1) is 11.8 Å². The molecule has 1 aromatic heterocycles. The SMILES string of the molecule is COc1cccc(SCc2ccsc2)c1C(=O)O. The average Bonchev–Trinajstić information content (AvgIpc) is 2.88. The molecule has 1 N–H and O–H groups in total. The summed E-state index contributed by atoms with van der Waals surface area (Å²) in [5, 5.41) is 13.3. The minimum Gasteiger partial charge on any atom is -0.496 e. The summed E-state index contributed by atoms with van der Waals surface area (Å²) < 4.78 is 5.09. The predicted molar refractivity (Wildman–Crippen MR) is 73.8 cm³/mol. The van der Waals surface area contributed by atoms with Crippen molar-refractivity contribution in [3.8, 4) is 5.75 Å². The molecule has 94 valence electrons. The highest BCUT2D eigenvalue weighted by atomic mass is 32.2. The van der Waals surface area contributed by atoms with Crippen LogP contribution in [0, 0.1) is 0 Å². The fraction of sp³-hybridized carbons (Fsp3) is 0.154. The highest BCUT2D eigenvalue weighted by Crippen LogP contribution is 2.32. The van der Waals surface area contributed by atoms with Gasteiger partial charge in [-0.05, 0) is 34.5 Å². The van der Waals surface area contributed by atoms with Gasteiger partial charge in [0.05, 0.1) is 7.11 Å². The van der Waals surface area contributed by atoms with Crippen LogP contribution < -0.4 is 4.74 Å². The Kier molecular flexibility index (Phi) is 4.28. The number of thiophene rings is 1. The summed E-state index contributed by atoms with van der Waals surface area (Å²) >= 11 is 3.15. The Morgan fingerprint density at radius 3 is 2.89 bits per heavy atom. The van der Waals surface area contributed by atoms with Crippen LogP contribution in [0.2, 0.25) is 0 Å². The van der Waals surface area contributed by atoms with Crippen LogP contribution in [0.3, 0.4) is 0 Å².